The minimum atomic E-state index is 0.166. The number of hydrogen-bond acceptors (Lipinski definition) is 2. The topological polar surface area (TPSA) is 36.7 Å². The van der Waals surface area contributed by atoms with Crippen LogP contribution < -0.4 is 0 Å². The minimum Gasteiger partial charge on any atom is -0.265 e. The van der Waals surface area contributed by atoms with Crippen molar-refractivity contribution < 1.29 is 0 Å². The van der Waals surface area contributed by atoms with Crippen LogP contribution in [0, 0.1) is 17.2 Å². The second-order valence-corrected chi connectivity index (χ2v) is 3.88. The molecule has 0 saturated heterocycles. The number of rotatable bonds is 6. The summed E-state index contributed by atoms with van der Waals surface area (Å²) in [5.41, 5.74) is 1.22. The van der Waals surface area contributed by atoms with E-state index in [0.717, 1.165) is 12.8 Å². The third-order valence-corrected chi connectivity index (χ3v) is 2.57. The average Bonchev–Trinajstić information content (AvgIpc) is 2.29. The van der Waals surface area contributed by atoms with Gasteiger partial charge in [-0.1, -0.05) is 26.2 Å². The normalized spacial score (nSPS) is 12.0. The number of pyridine rings is 1. The SMILES string of the molecule is CCCCCC(C#N)Cc1ccncc1. The van der Waals surface area contributed by atoms with Gasteiger partial charge in [0.05, 0.1) is 12.0 Å². The molecular weight excluding hydrogens is 184 g/mol. The molecule has 0 N–H and O–H groups in total. The molecule has 2 heteroatoms. The van der Waals surface area contributed by atoms with Gasteiger partial charge in [0, 0.05) is 12.4 Å². The zero-order valence-electron chi connectivity index (χ0n) is 9.32. The molecule has 0 bridgehead atoms. The molecule has 2 nitrogen and oxygen atoms in total. The van der Waals surface area contributed by atoms with Crippen molar-refractivity contribution >= 4 is 0 Å². The average molecular weight is 202 g/mol. The summed E-state index contributed by atoms with van der Waals surface area (Å²) in [4.78, 5) is 3.97. The Morgan fingerprint density at radius 1 is 1.33 bits per heavy atom. The van der Waals surface area contributed by atoms with Gasteiger partial charge in [-0.15, -0.1) is 0 Å². The van der Waals surface area contributed by atoms with E-state index in [1.165, 1.54) is 24.8 Å². The molecule has 1 heterocycles. The highest BCUT2D eigenvalue weighted by atomic mass is 14.6. The number of unbranched alkanes of at least 4 members (excludes halogenated alkanes) is 2. The Balaban J connectivity index is 2.38. The molecule has 1 atom stereocenters. The fourth-order valence-electron chi connectivity index (χ4n) is 1.66. The van der Waals surface area contributed by atoms with E-state index in [2.05, 4.69) is 18.0 Å². The van der Waals surface area contributed by atoms with E-state index in [-0.39, 0.29) is 5.92 Å². The van der Waals surface area contributed by atoms with Gasteiger partial charge in [0.2, 0.25) is 0 Å². The van der Waals surface area contributed by atoms with Crippen molar-refractivity contribution in [3.63, 3.8) is 0 Å². The lowest BCUT2D eigenvalue weighted by Gasteiger charge is -2.07. The quantitative estimate of drug-likeness (QED) is 0.663. The number of hydrogen-bond donors (Lipinski definition) is 0. The molecule has 0 amide bonds. The van der Waals surface area contributed by atoms with Crippen LogP contribution in [0.15, 0.2) is 24.5 Å². The number of aromatic nitrogens is 1. The van der Waals surface area contributed by atoms with Crippen LogP contribution in [0.25, 0.3) is 0 Å². The zero-order valence-corrected chi connectivity index (χ0v) is 9.32. The molecule has 0 fully saturated rings. The fraction of sp³-hybridized carbons (Fsp3) is 0.538. The first-order valence-electron chi connectivity index (χ1n) is 5.65. The van der Waals surface area contributed by atoms with E-state index in [0.29, 0.717) is 0 Å². The van der Waals surface area contributed by atoms with Gasteiger partial charge in [0.15, 0.2) is 0 Å². The molecular formula is C13H18N2. The van der Waals surface area contributed by atoms with Crippen LogP contribution in [-0.2, 0) is 6.42 Å². The molecule has 1 unspecified atom stereocenters. The second-order valence-electron chi connectivity index (χ2n) is 3.88. The molecule has 0 spiro atoms. The van der Waals surface area contributed by atoms with Gasteiger partial charge in [0.25, 0.3) is 0 Å². The lowest BCUT2D eigenvalue weighted by atomic mass is 9.96. The van der Waals surface area contributed by atoms with Crippen LogP contribution >= 0.6 is 0 Å². The Kier molecular flexibility index (Phi) is 5.47. The van der Waals surface area contributed by atoms with Gasteiger partial charge in [-0.2, -0.15) is 5.26 Å². The fourth-order valence-corrected chi connectivity index (χ4v) is 1.66. The molecule has 1 aromatic rings. The molecule has 1 rings (SSSR count). The molecule has 0 aliphatic carbocycles. The van der Waals surface area contributed by atoms with Gasteiger partial charge in [-0.05, 0) is 30.5 Å². The highest BCUT2D eigenvalue weighted by Crippen LogP contribution is 2.14. The van der Waals surface area contributed by atoms with Gasteiger partial charge in [0.1, 0.15) is 0 Å². The Hall–Kier alpha value is -1.36. The second kappa shape index (κ2) is 7.00. The van der Waals surface area contributed by atoms with E-state index < -0.39 is 0 Å². The van der Waals surface area contributed by atoms with Crippen molar-refractivity contribution in [3.8, 4) is 6.07 Å². The molecule has 80 valence electrons. The van der Waals surface area contributed by atoms with Gasteiger partial charge in [-0.3, -0.25) is 4.98 Å². The monoisotopic (exact) mass is 202 g/mol. The third-order valence-electron chi connectivity index (χ3n) is 2.57. The first-order valence-corrected chi connectivity index (χ1v) is 5.65. The number of nitrogens with zero attached hydrogens (tertiary/aromatic N) is 2. The predicted molar refractivity (Wildman–Crippen MR) is 61.2 cm³/mol. The van der Waals surface area contributed by atoms with E-state index in [4.69, 9.17) is 5.26 Å². The maximum absolute atomic E-state index is 9.02. The van der Waals surface area contributed by atoms with Crippen LogP contribution in [0.2, 0.25) is 0 Å². The lowest BCUT2D eigenvalue weighted by Crippen LogP contribution is -2.01. The van der Waals surface area contributed by atoms with E-state index in [1.807, 2.05) is 12.1 Å². The van der Waals surface area contributed by atoms with E-state index in [1.54, 1.807) is 12.4 Å². The van der Waals surface area contributed by atoms with Crippen LogP contribution in [0.3, 0.4) is 0 Å². The summed E-state index contributed by atoms with van der Waals surface area (Å²) < 4.78 is 0. The van der Waals surface area contributed by atoms with Gasteiger partial charge >= 0.3 is 0 Å². The summed E-state index contributed by atoms with van der Waals surface area (Å²) in [6, 6.07) is 6.37. The van der Waals surface area contributed by atoms with Crippen molar-refractivity contribution in [2.45, 2.75) is 39.0 Å². The van der Waals surface area contributed by atoms with Crippen molar-refractivity contribution in [1.82, 2.24) is 4.98 Å². The van der Waals surface area contributed by atoms with Crippen LogP contribution in [0.1, 0.15) is 38.2 Å². The summed E-state index contributed by atoms with van der Waals surface area (Å²) in [7, 11) is 0. The van der Waals surface area contributed by atoms with Gasteiger partial charge in [-0.25, -0.2) is 0 Å². The summed E-state index contributed by atoms with van der Waals surface area (Å²) in [6.07, 6.45) is 9.07. The standard InChI is InChI=1S/C13H18N2/c1-2-3-4-5-13(11-14)10-12-6-8-15-9-7-12/h6-9,13H,2-5,10H2,1H3. The van der Waals surface area contributed by atoms with Crippen LogP contribution in [0.4, 0.5) is 0 Å². The predicted octanol–water partition coefficient (Wildman–Crippen LogP) is 3.34. The molecule has 15 heavy (non-hydrogen) atoms. The molecule has 0 aliphatic rings. The highest BCUT2D eigenvalue weighted by Gasteiger charge is 2.07. The summed E-state index contributed by atoms with van der Waals surface area (Å²) in [5.74, 6) is 0.166. The van der Waals surface area contributed by atoms with Crippen molar-refractivity contribution in [2.75, 3.05) is 0 Å². The maximum Gasteiger partial charge on any atom is 0.0659 e. The highest BCUT2D eigenvalue weighted by molar-refractivity contribution is 5.12. The third kappa shape index (κ3) is 4.60. The summed E-state index contributed by atoms with van der Waals surface area (Å²) in [5, 5.41) is 9.02. The summed E-state index contributed by atoms with van der Waals surface area (Å²) in [6.45, 7) is 2.18. The number of nitriles is 1. The van der Waals surface area contributed by atoms with Crippen molar-refractivity contribution in [2.24, 2.45) is 5.92 Å². The first kappa shape index (κ1) is 11.7. The molecule has 1 aromatic heterocycles. The Morgan fingerprint density at radius 2 is 2.07 bits per heavy atom. The van der Waals surface area contributed by atoms with Crippen LogP contribution in [0.5, 0.6) is 0 Å². The molecule has 0 saturated carbocycles. The minimum absolute atomic E-state index is 0.166. The Bertz CT molecular complexity index is 300. The lowest BCUT2D eigenvalue weighted by molar-refractivity contribution is 0.546. The van der Waals surface area contributed by atoms with Gasteiger partial charge < -0.3 is 0 Å². The van der Waals surface area contributed by atoms with Crippen molar-refractivity contribution in [3.05, 3.63) is 30.1 Å². The maximum atomic E-state index is 9.02. The molecule has 0 aliphatic heterocycles. The molecule has 0 radical (unpaired) electrons. The van der Waals surface area contributed by atoms with E-state index in [9.17, 15) is 0 Å². The Labute approximate surface area is 92.0 Å². The zero-order chi connectivity index (χ0) is 10.9. The first-order chi connectivity index (χ1) is 7.36. The van der Waals surface area contributed by atoms with Crippen molar-refractivity contribution in [1.29, 1.82) is 5.26 Å². The van der Waals surface area contributed by atoms with Crippen LogP contribution in [-0.4, -0.2) is 4.98 Å². The smallest absolute Gasteiger partial charge is 0.0659 e. The molecule has 0 aromatic carbocycles. The Morgan fingerprint density at radius 3 is 2.67 bits per heavy atom. The van der Waals surface area contributed by atoms with E-state index >= 15 is 0 Å². The summed E-state index contributed by atoms with van der Waals surface area (Å²) >= 11 is 0. The largest absolute Gasteiger partial charge is 0.265 e.